The van der Waals surface area contributed by atoms with Crippen molar-refractivity contribution in [2.24, 2.45) is 17.3 Å². The van der Waals surface area contributed by atoms with E-state index in [4.69, 9.17) is 14.2 Å². The van der Waals surface area contributed by atoms with Gasteiger partial charge in [-0.3, -0.25) is 9.59 Å². The van der Waals surface area contributed by atoms with Gasteiger partial charge >= 0.3 is 35.5 Å². The molecular weight excluding hydrogens is 497 g/mol. The van der Waals surface area contributed by atoms with Gasteiger partial charge < -0.3 is 29.4 Å². The second-order valence-corrected chi connectivity index (χ2v) is 11.0. The maximum atomic E-state index is 13.6. The number of carboxylic acid groups (broad SMARTS) is 1. The second kappa shape index (κ2) is 14.8. The zero-order valence-electron chi connectivity index (χ0n) is 22.9. The van der Waals surface area contributed by atoms with Crippen LogP contribution in [0.15, 0.2) is 18.2 Å². The van der Waals surface area contributed by atoms with Crippen LogP contribution in [0.2, 0.25) is 0 Å². The number of esters is 1. The number of nitrogens with one attached hydrogen (secondary N) is 1. The summed E-state index contributed by atoms with van der Waals surface area (Å²) < 4.78 is 16.7. The Labute approximate surface area is 247 Å². The van der Waals surface area contributed by atoms with Crippen LogP contribution in [0.4, 0.5) is 0 Å². The minimum absolute atomic E-state index is 0. The van der Waals surface area contributed by atoms with Crippen molar-refractivity contribution in [3.8, 4) is 5.75 Å². The minimum Gasteiger partial charge on any atom is -0.550 e. The van der Waals surface area contributed by atoms with Crippen molar-refractivity contribution in [3.63, 3.8) is 0 Å². The molecule has 3 aliphatic carbocycles. The van der Waals surface area contributed by atoms with Crippen LogP contribution in [0.5, 0.6) is 5.75 Å². The topological polar surface area (TPSA) is 114 Å². The molecule has 1 aromatic rings. The number of rotatable bonds is 12. The third-order valence-corrected chi connectivity index (χ3v) is 8.45. The van der Waals surface area contributed by atoms with Gasteiger partial charge in [0.25, 0.3) is 0 Å². The van der Waals surface area contributed by atoms with E-state index in [1.165, 1.54) is 11.1 Å². The van der Waals surface area contributed by atoms with Gasteiger partial charge in [-0.1, -0.05) is 18.9 Å². The van der Waals surface area contributed by atoms with Crippen molar-refractivity contribution in [2.75, 3.05) is 26.9 Å². The first-order valence-electron chi connectivity index (χ1n) is 13.8. The molecule has 3 aliphatic rings. The number of hydrogen-bond acceptors (Lipinski definition) is 7. The molecule has 0 bridgehead atoms. The van der Waals surface area contributed by atoms with Crippen LogP contribution in [0.3, 0.4) is 0 Å². The number of fused-ring (bicyclic) bond motifs is 1. The summed E-state index contributed by atoms with van der Waals surface area (Å²) >= 11 is 0. The molecule has 1 N–H and O–H groups in total. The molecule has 1 atom stereocenters. The summed E-state index contributed by atoms with van der Waals surface area (Å²) in [6.07, 6.45) is 9.14. The number of ether oxygens (including phenoxy) is 3. The summed E-state index contributed by atoms with van der Waals surface area (Å²) in [6.45, 7) is 0.950. The van der Waals surface area contributed by atoms with E-state index >= 15 is 0 Å². The Morgan fingerprint density at radius 1 is 1.03 bits per heavy atom. The summed E-state index contributed by atoms with van der Waals surface area (Å²) in [5.74, 6) is -1.88. The van der Waals surface area contributed by atoms with Gasteiger partial charge in [0, 0.05) is 19.1 Å². The van der Waals surface area contributed by atoms with E-state index in [0.717, 1.165) is 32.1 Å². The van der Waals surface area contributed by atoms with E-state index in [2.05, 4.69) is 5.32 Å². The summed E-state index contributed by atoms with van der Waals surface area (Å²) in [4.78, 5) is 38.2. The molecule has 4 rings (SSSR count). The van der Waals surface area contributed by atoms with Gasteiger partial charge in [-0.25, -0.2) is 0 Å². The quantitative estimate of drug-likeness (QED) is 0.169. The van der Waals surface area contributed by atoms with Crippen LogP contribution in [-0.4, -0.2) is 50.8 Å². The number of amides is 1. The SMILES string of the molecule is COCCOC[C@H](CC1(C(=O)NC2CCC(C(=O)[O-])CC2)CCCC1)C(=O)Oc1ccc2c(c1)CCC2.[Na+]. The third kappa shape index (κ3) is 8.04. The number of hydrogen-bond donors (Lipinski definition) is 1. The van der Waals surface area contributed by atoms with Crippen molar-refractivity contribution in [1.29, 1.82) is 0 Å². The first-order chi connectivity index (χ1) is 17.9. The second-order valence-electron chi connectivity index (χ2n) is 11.0. The molecule has 9 heteroatoms. The van der Waals surface area contributed by atoms with E-state index in [-0.39, 0.29) is 54.1 Å². The van der Waals surface area contributed by atoms with Gasteiger partial charge in [0.2, 0.25) is 5.91 Å². The molecule has 1 aromatic carbocycles. The van der Waals surface area contributed by atoms with E-state index in [0.29, 0.717) is 63.9 Å². The first-order valence-corrected chi connectivity index (χ1v) is 13.8. The molecular formula is C29H40NNaO7. The average Bonchev–Trinajstić information content (AvgIpc) is 3.56. The van der Waals surface area contributed by atoms with Crippen molar-refractivity contribution in [2.45, 2.75) is 83.1 Å². The summed E-state index contributed by atoms with van der Waals surface area (Å²) in [5, 5.41) is 14.4. The number of benzene rings is 1. The molecule has 38 heavy (non-hydrogen) atoms. The van der Waals surface area contributed by atoms with Crippen LogP contribution in [0.1, 0.15) is 75.3 Å². The average molecular weight is 538 g/mol. The normalized spacial score (nSPS) is 22.7. The van der Waals surface area contributed by atoms with Crippen LogP contribution >= 0.6 is 0 Å². The Balaban J connectivity index is 0.00000400. The fraction of sp³-hybridized carbons (Fsp3) is 0.690. The monoisotopic (exact) mass is 537 g/mol. The Kier molecular flexibility index (Phi) is 12.1. The van der Waals surface area contributed by atoms with E-state index < -0.39 is 23.2 Å². The molecule has 0 aromatic heterocycles. The predicted molar refractivity (Wildman–Crippen MR) is 135 cm³/mol. The largest absolute Gasteiger partial charge is 1.00 e. The summed E-state index contributed by atoms with van der Waals surface area (Å²) in [5.41, 5.74) is 1.89. The Hall–Kier alpha value is -1.45. The Bertz CT molecular complexity index is 954. The molecule has 0 spiro atoms. The van der Waals surface area contributed by atoms with Crippen LogP contribution in [0, 0.1) is 17.3 Å². The molecule has 0 saturated heterocycles. The van der Waals surface area contributed by atoms with Gasteiger partial charge in [0.15, 0.2) is 0 Å². The van der Waals surface area contributed by atoms with Crippen LogP contribution in [0.25, 0.3) is 0 Å². The number of aryl methyl sites for hydroxylation is 2. The van der Waals surface area contributed by atoms with Crippen LogP contribution in [-0.2, 0) is 36.7 Å². The fourth-order valence-electron chi connectivity index (χ4n) is 6.25. The third-order valence-electron chi connectivity index (χ3n) is 8.45. The maximum absolute atomic E-state index is 13.6. The molecule has 2 fully saturated rings. The standard InChI is InChI=1S/C29H41NO7.Na/c1-35-15-16-36-19-23(27(33)37-25-12-9-20-5-4-6-22(20)17-25)18-29(13-2-3-14-29)28(34)30-24-10-7-21(8-11-24)26(31)32;/h9,12,17,21,23-24H,2-8,10-11,13-16,18-19H2,1H3,(H,30,34)(H,31,32);/q;+1/p-1/t21?,23-,24?;/m0./s1. The molecule has 0 unspecified atom stereocenters. The molecule has 0 heterocycles. The number of carboxylic acids is 1. The van der Waals surface area contributed by atoms with Crippen molar-refractivity contribution < 1.29 is 63.3 Å². The van der Waals surface area contributed by atoms with Crippen molar-refractivity contribution in [1.82, 2.24) is 5.32 Å². The van der Waals surface area contributed by atoms with Gasteiger partial charge in [-0.2, -0.15) is 0 Å². The van der Waals surface area contributed by atoms with E-state index in [1.807, 2.05) is 18.2 Å². The molecule has 0 aliphatic heterocycles. The zero-order valence-corrected chi connectivity index (χ0v) is 24.9. The Morgan fingerprint density at radius 2 is 1.74 bits per heavy atom. The van der Waals surface area contributed by atoms with Gasteiger partial charge in [-0.15, -0.1) is 0 Å². The smallest absolute Gasteiger partial charge is 0.550 e. The molecule has 8 nitrogen and oxygen atoms in total. The molecule has 1 amide bonds. The van der Waals surface area contributed by atoms with Crippen LogP contribution < -0.4 is 44.7 Å². The minimum atomic E-state index is -1.00. The summed E-state index contributed by atoms with van der Waals surface area (Å²) in [7, 11) is 1.60. The fourth-order valence-corrected chi connectivity index (χ4v) is 6.25. The predicted octanol–water partition coefficient (Wildman–Crippen LogP) is -0.261. The van der Waals surface area contributed by atoms with Gasteiger partial charge in [-0.05, 0) is 93.4 Å². The Morgan fingerprint density at radius 3 is 2.42 bits per heavy atom. The van der Waals surface area contributed by atoms with Gasteiger partial charge in [0.05, 0.1) is 31.2 Å². The number of carbonyl (C=O) groups is 3. The molecule has 2 saturated carbocycles. The van der Waals surface area contributed by atoms with E-state index in [1.54, 1.807) is 7.11 Å². The number of methoxy groups -OCH3 is 1. The van der Waals surface area contributed by atoms with Crippen molar-refractivity contribution >= 4 is 17.8 Å². The molecule has 204 valence electrons. The number of carbonyl (C=O) groups excluding carboxylic acids is 3. The van der Waals surface area contributed by atoms with Gasteiger partial charge in [0.1, 0.15) is 5.75 Å². The first kappa shape index (κ1) is 31.1. The molecule has 0 radical (unpaired) electrons. The maximum Gasteiger partial charge on any atom is 1.00 e. The summed E-state index contributed by atoms with van der Waals surface area (Å²) in [6, 6.07) is 5.81. The number of aliphatic carboxylic acids is 1. The van der Waals surface area contributed by atoms with Crippen molar-refractivity contribution in [3.05, 3.63) is 29.3 Å². The zero-order chi connectivity index (χ0) is 26.3. The van der Waals surface area contributed by atoms with E-state index in [9.17, 15) is 19.5 Å².